The van der Waals surface area contributed by atoms with Crippen molar-refractivity contribution in [1.82, 2.24) is 9.78 Å². The van der Waals surface area contributed by atoms with Gasteiger partial charge in [0, 0.05) is 7.05 Å². The summed E-state index contributed by atoms with van der Waals surface area (Å²) < 4.78 is 2.37. The molecule has 0 aliphatic carbocycles. The number of nitrogens with one attached hydrogen (secondary N) is 1. The van der Waals surface area contributed by atoms with E-state index < -0.39 is 0 Å². The Labute approximate surface area is 89.4 Å². The van der Waals surface area contributed by atoms with Gasteiger partial charge in [0.1, 0.15) is 11.7 Å². The topological polar surface area (TPSA) is 46.9 Å². The highest BCUT2D eigenvalue weighted by Gasteiger charge is 2.12. The molecule has 0 saturated heterocycles. The van der Waals surface area contributed by atoms with Gasteiger partial charge in [0.15, 0.2) is 0 Å². The van der Waals surface area contributed by atoms with E-state index in [4.69, 9.17) is 11.6 Å². The molecule has 0 saturated carbocycles. The van der Waals surface area contributed by atoms with E-state index in [-0.39, 0.29) is 11.8 Å². The molecule has 1 amide bonds. The summed E-state index contributed by atoms with van der Waals surface area (Å²) in [7, 11) is 1.75. The van der Waals surface area contributed by atoms with E-state index >= 15 is 0 Å². The summed E-state index contributed by atoms with van der Waals surface area (Å²) in [6.45, 7) is 1.85. The third kappa shape index (κ3) is 2.22. The first-order valence-corrected chi connectivity index (χ1v) is 4.94. The number of aromatic nitrogens is 2. The predicted octanol–water partition coefficient (Wildman–Crippen LogP) is 1.67. The minimum absolute atomic E-state index is 0.0589. The second kappa shape index (κ2) is 4.11. The second-order valence-corrected chi connectivity index (χ2v) is 3.61. The van der Waals surface area contributed by atoms with Gasteiger partial charge in [-0.2, -0.15) is 5.10 Å². The number of hydrogen-bond donors (Lipinski definition) is 1. The Hall–Kier alpha value is -0.550. The number of hydrogen-bond acceptors (Lipinski definition) is 2. The maximum absolute atomic E-state index is 11.0. The van der Waals surface area contributed by atoms with Gasteiger partial charge in [0.05, 0.1) is 10.2 Å². The fourth-order valence-corrected chi connectivity index (χ4v) is 1.44. The van der Waals surface area contributed by atoms with Gasteiger partial charge in [0.2, 0.25) is 5.91 Å². The third-order valence-corrected chi connectivity index (χ3v) is 2.72. The van der Waals surface area contributed by atoms with Gasteiger partial charge in [-0.05, 0) is 22.9 Å². The molecule has 0 aromatic carbocycles. The van der Waals surface area contributed by atoms with Crippen LogP contribution in [0.3, 0.4) is 0 Å². The van der Waals surface area contributed by atoms with E-state index in [2.05, 4.69) is 26.3 Å². The van der Waals surface area contributed by atoms with Crippen molar-refractivity contribution in [2.75, 3.05) is 11.2 Å². The lowest BCUT2D eigenvalue weighted by atomic mass is 10.4. The van der Waals surface area contributed by atoms with Crippen LogP contribution in [0.1, 0.15) is 5.69 Å². The molecule has 1 aromatic rings. The van der Waals surface area contributed by atoms with Crippen molar-refractivity contribution in [3.8, 4) is 0 Å². The summed E-state index contributed by atoms with van der Waals surface area (Å²) >= 11 is 8.67. The summed E-state index contributed by atoms with van der Waals surface area (Å²) in [5.41, 5.74) is 0.826. The van der Waals surface area contributed by atoms with E-state index in [9.17, 15) is 4.79 Å². The average Bonchev–Trinajstić information content (AvgIpc) is 2.32. The van der Waals surface area contributed by atoms with E-state index in [1.165, 1.54) is 0 Å². The van der Waals surface area contributed by atoms with Gasteiger partial charge in [-0.15, -0.1) is 11.6 Å². The zero-order valence-electron chi connectivity index (χ0n) is 7.27. The molecule has 0 aliphatic heterocycles. The van der Waals surface area contributed by atoms with E-state index in [1.54, 1.807) is 11.7 Å². The van der Waals surface area contributed by atoms with E-state index in [1.807, 2.05) is 6.92 Å². The van der Waals surface area contributed by atoms with Crippen LogP contribution >= 0.6 is 27.5 Å². The lowest BCUT2D eigenvalue weighted by molar-refractivity contribution is -0.114. The van der Waals surface area contributed by atoms with Gasteiger partial charge < -0.3 is 5.32 Å². The maximum atomic E-state index is 11.0. The largest absolute Gasteiger partial charge is 0.309 e. The van der Waals surface area contributed by atoms with Crippen LogP contribution in [-0.2, 0) is 11.8 Å². The number of amides is 1. The first-order valence-electron chi connectivity index (χ1n) is 3.61. The molecule has 0 unspecified atom stereocenters. The molecule has 13 heavy (non-hydrogen) atoms. The molecular weight excluding hydrogens is 257 g/mol. The molecule has 1 N–H and O–H groups in total. The van der Waals surface area contributed by atoms with E-state index in [0.29, 0.717) is 5.82 Å². The van der Waals surface area contributed by atoms with Crippen molar-refractivity contribution in [2.24, 2.45) is 7.05 Å². The molecule has 0 atom stereocenters. The minimum atomic E-state index is -0.245. The molecule has 72 valence electrons. The van der Waals surface area contributed by atoms with E-state index in [0.717, 1.165) is 10.2 Å². The molecule has 1 aromatic heterocycles. The van der Waals surface area contributed by atoms with Crippen LogP contribution in [0.4, 0.5) is 5.82 Å². The summed E-state index contributed by atoms with van der Waals surface area (Å²) in [5.74, 6) is 0.324. The summed E-state index contributed by atoms with van der Waals surface area (Å²) in [6, 6.07) is 0. The fraction of sp³-hybridized carbons (Fsp3) is 0.429. The fourth-order valence-electron chi connectivity index (χ4n) is 0.934. The van der Waals surface area contributed by atoms with Crippen molar-refractivity contribution in [2.45, 2.75) is 6.92 Å². The zero-order chi connectivity index (χ0) is 10.0. The molecular formula is C7H9BrClN3O. The van der Waals surface area contributed by atoms with Crippen molar-refractivity contribution in [1.29, 1.82) is 0 Å². The zero-order valence-corrected chi connectivity index (χ0v) is 9.61. The van der Waals surface area contributed by atoms with Crippen LogP contribution in [0, 0.1) is 6.92 Å². The second-order valence-electron chi connectivity index (χ2n) is 2.55. The molecule has 1 heterocycles. The lowest BCUT2D eigenvalue weighted by Gasteiger charge is -2.02. The van der Waals surface area contributed by atoms with Crippen molar-refractivity contribution in [3.63, 3.8) is 0 Å². The highest BCUT2D eigenvalue weighted by molar-refractivity contribution is 9.10. The predicted molar refractivity (Wildman–Crippen MR) is 55.0 cm³/mol. The minimum Gasteiger partial charge on any atom is -0.309 e. The molecule has 0 aliphatic rings. The number of carbonyl (C=O) groups excluding carboxylic acids is 1. The molecule has 0 bridgehead atoms. The molecule has 4 nitrogen and oxygen atoms in total. The Morgan fingerprint density at radius 1 is 1.77 bits per heavy atom. The Balaban J connectivity index is 2.94. The number of carbonyl (C=O) groups is 1. The Morgan fingerprint density at radius 3 is 2.77 bits per heavy atom. The summed E-state index contributed by atoms with van der Waals surface area (Å²) in [5, 5.41) is 6.74. The Kier molecular flexibility index (Phi) is 3.33. The van der Waals surface area contributed by atoms with Crippen molar-refractivity contribution < 1.29 is 4.79 Å². The first kappa shape index (κ1) is 10.5. The summed E-state index contributed by atoms with van der Waals surface area (Å²) in [6.07, 6.45) is 0. The number of alkyl halides is 1. The van der Waals surface area contributed by atoms with Crippen LogP contribution in [0.25, 0.3) is 0 Å². The highest BCUT2D eigenvalue weighted by Crippen LogP contribution is 2.24. The molecule has 1 rings (SSSR count). The average molecular weight is 267 g/mol. The normalized spacial score (nSPS) is 10.2. The maximum Gasteiger partial charge on any atom is 0.240 e. The van der Waals surface area contributed by atoms with Crippen molar-refractivity contribution >= 4 is 39.3 Å². The first-order chi connectivity index (χ1) is 6.06. The lowest BCUT2D eigenvalue weighted by Crippen LogP contribution is -2.15. The van der Waals surface area contributed by atoms with Gasteiger partial charge in [-0.1, -0.05) is 0 Å². The molecule has 6 heteroatoms. The van der Waals surface area contributed by atoms with Crippen LogP contribution < -0.4 is 5.32 Å². The van der Waals surface area contributed by atoms with Gasteiger partial charge in [-0.3, -0.25) is 9.48 Å². The standard InChI is InChI=1S/C7H9BrClN3O/c1-4-6(8)7(12(2)11-4)10-5(13)3-9/h3H2,1-2H3,(H,10,13). The smallest absolute Gasteiger partial charge is 0.240 e. The SMILES string of the molecule is Cc1nn(C)c(NC(=O)CCl)c1Br. The summed E-state index contributed by atoms with van der Waals surface area (Å²) in [4.78, 5) is 11.0. The number of rotatable bonds is 2. The van der Waals surface area contributed by atoms with Crippen LogP contribution in [0.15, 0.2) is 4.47 Å². The number of anilines is 1. The molecule has 0 spiro atoms. The van der Waals surface area contributed by atoms with Crippen LogP contribution in [-0.4, -0.2) is 21.6 Å². The number of halogens is 2. The highest BCUT2D eigenvalue weighted by atomic mass is 79.9. The molecule has 0 radical (unpaired) electrons. The van der Waals surface area contributed by atoms with Crippen molar-refractivity contribution in [3.05, 3.63) is 10.2 Å². The van der Waals surface area contributed by atoms with Gasteiger partial charge >= 0.3 is 0 Å². The third-order valence-electron chi connectivity index (χ3n) is 1.53. The molecule has 0 fully saturated rings. The number of nitrogens with zero attached hydrogens (tertiary/aromatic N) is 2. The number of aryl methyl sites for hydroxylation is 2. The quantitative estimate of drug-likeness (QED) is 0.828. The Bertz CT molecular complexity index is 337. The van der Waals surface area contributed by atoms with Crippen LogP contribution in [0.2, 0.25) is 0 Å². The van der Waals surface area contributed by atoms with Gasteiger partial charge in [-0.25, -0.2) is 0 Å². The Morgan fingerprint density at radius 2 is 2.38 bits per heavy atom. The van der Waals surface area contributed by atoms with Crippen LogP contribution in [0.5, 0.6) is 0 Å². The monoisotopic (exact) mass is 265 g/mol. The van der Waals surface area contributed by atoms with Gasteiger partial charge in [0.25, 0.3) is 0 Å².